The smallest absolute Gasteiger partial charge is 0.168 e. The first-order valence-corrected chi connectivity index (χ1v) is 6.84. The highest BCUT2D eigenvalue weighted by molar-refractivity contribution is 5.89. The molecule has 0 saturated heterocycles. The van der Waals surface area contributed by atoms with Gasteiger partial charge in [-0.05, 0) is 43.4 Å². The second-order valence-corrected chi connectivity index (χ2v) is 5.56. The summed E-state index contributed by atoms with van der Waals surface area (Å²) in [6, 6.07) is 6.06. The number of hydrogen-bond donors (Lipinski definition) is 1. The van der Waals surface area contributed by atoms with Gasteiger partial charge in [0.15, 0.2) is 5.78 Å². The lowest BCUT2D eigenvalue weighted by Gasteiger charge is -2.30. The molecule has 0 spiro atoms. The number of ketones is 1. The van der Waals surface area contributed by atoms with Crippen molar-refractivity contribution in [3.63, 3.8) is 0 Å². The molecule has 0 unspecified atom stereocenters. The number of aryl methyl sites for hydroxylation is 2. The first-order chi connectivity index (χ1) is 8.53. The Morgan fingerprint density at radius 2 is 1.72 bits per heavy atom. The van der Waals surface area contributed by atoms with Gasteiger partial charge in [-0.3, -0.25) is 4.79 Å². The third kappa shape index (κ3) is 2.64. The molecule has 1 aliphatic rings. The maximum atomic E-state index is 12.3. The zero-order chi connectivity index (χ0) is 13.2. The number of rotatable bonds is 3. The average Bonchev–Trinajstić information content (AvgIpc) is 2.34. The van der Waals surface area contributed by atoms with E-state index < -0.39 is 5.60 Å². The summed E-state index contributed by atoms with van der Waals surface area (Å²) < 4.78 is 0. The largest absolute Gasteiger partial charge is 0.382 e. The summed E-state index contributed by atoms with van der Waals surface area (Å²) in [6.07, 6.45) is 4.71. The quantitative estimate of drug-likeness (QED) is 0.889. The summed E-state index contributed by atoms with van der Waals surface area (Å²) in [5, 5.41) is 10.4. The second kappa shape index (κ2) is 5.23. The van der Waals surface area contributed by atoms with Crippen molar-refractivity contribution < 1.29 is 9.90 Å². The summed E-state index contributed by atoms with van der Waals surface area (Å²) in [4.78, 5) is 12.3. The lowest BCUT2D eigenvalue weighted by Crippen LogP contribution is -2.41. The van der Waals surface area contributed by atoms with Crippen molar-refractivity contribution in [2.45, 2.75) is 58.0 Å². The molecule has 0 aliphatic heterocycles. The number of Topliss-reactive ketones (excluding diaryl/α,β-unsaturated/α-hetero) is 1. The zero-order valence-corrected chi connectivity index (χ0v) is 11.3. The van der Waals surface area contributed by atoms with Crippen molar-refractivity contribution in [2.75, 3.05) is 0 Å². The summed E-state index contributed by atoms with van der Waals surface area (Å²) in [5.74, 6) is -0.000370. The number of hydrogen-bond acceptors (Lipinski definition) is 2. The van der Waals surface area contributed by atoms with Gasteiger partial charge in [-0.2, -0.15) is 0 Å². The Labute approximate surface area is 109 Å². The van der Waals surface area contributed by atoms with Crippen LogP contribution in [0.25, 0.3) is 0 Å². The first kappa shape index (κ1) is 13.3. The number of carbonyl (C=O) groups is 1. The van der Waals surface area contributed by atoms with Gasteiger partial charge in [-0.25, -0.2) is 0 Å². The van der Waals surface area contributed by atoms with E-state index in [1.54, 1.807) is 0 Å². The normalized spacial score (nSPS) is 18.6. The molecule has 0 bridgehead atoms. The van der Waals surface area contributed by atoms with Gasteiger partial charge in [0.1, 0.15) is 5.60 Å². The molecule has 2 rings (SSSR count). The highest BCUT2D eigenvalue weighted by Gasteiger charge is 2.36. The minimum Gasteiger partial charge on any atom is -0.382 e. The van der Waals surface area contributed by atoms with E-state index in [1.165, 1.54) is 0 Å². The van der Waals surface area contributed by atoms with Crippen LogP contribution in [0.5, 0.6) is 0 Å². The van der Waals surface area contributed by atoms with Gasteiger partial charge in [0.05, 0.1) is 0 Å². The van der Waals surface area contributed by atoms with Crippen LogP contribution in [0.2, 0.25) is 0 Å². The SMILES string of the molecule is Cc1cccc(C)c1CC(=O)C1(O)CCCCC1. The van der Waals surface area contributed by atoms with E-state index in [0.29, 0.717) is 19.3 Å². The van der Waals surface area contributed by atoms with Crippen LogP contribution in [0.3, 0.4) is 0 Å². The predicted molar refractivity (Wildman–Crippen MR) is 72.7 cm³/mol. The fraction of sp³-hybridized carbons (Fsp3) is 0.562. The lowest BCUT2D eigenvalue weighted by atomic mass is 9.79. The van der Waals surface area contributed by atoms with Gasteiger partial charge >= 0.3 is 0 Å². The second-order valence-electron chi connectivity index (χ2n) is 5.56. The van der Waals surface area contributed by atoms with E-state index in [1.807, 2.05) is 32.0 Å². The van der Waals surface area contributed by atoms with E-state index in [9.17, 15) is 9.90 Å². The van der Waals surface area contributed by atoms with Gasteiger partial charge in [-0.1, -0.05) is 37.5 Å². The molecule has 98 valence electrons. The molecule has 1 N–H and O–H groups in total. The molecule has 2 nitrogen and oxygen atoms in total. The van der Waals surface area contributed by atoms with Crippen LogP contribution >= 0.6 is 0 Å². The molecule has 18 heavy (non-hydrogen) atoms. The number of aliphatic hydroxyl groups is 1. The third-order valence-electron chi connectivity index (χ3n) is 4.18. The highest BCUT2D eigenvalue weighted by Crippen LogP contribution is 2.30. The Balaban J connectivity index is 2.16. The van der Waals surface area contributed by atoms with Crippen LogP contribution in [0, 0.1) is 13.8 Å². The van der Waals surface area contributed by atoms with Crippen LogP contribution in [0.1, 0.15) is 48.8 Å². The van der Waals surface area contributed by atoms with E-state index >= 15 is 0 Å². The van der Waals surface area contributed by atoms with Gasteiger partial charge in [0.25, 0.3) is 0 Å². The Kier molecular flexibility index (Phi) is 3.86. The average molecular weight is 246 g/mol. The highest BCUT2D eigenvalue weighted by atomic mass is 16.3. The van der Waals surface area contributed by atoms with Gasteiger partial charge in [0, 0.05) is 6.42 Å². The third-order valence-corrected chi connectivity index (χ3v) is 4.18. The molecular weight excluding hydrogens is 224 g/mol. The van der Waals surface area contributed by atoms with E-state index in [2.05, 4.69) is 0 Å². The van der Waals surface area contributed by atoms with E-state index in [0.717, 1.165) is 36.0 Å². The molecule has 0 atom stereocenters. The molecule has 0 amide bonds. The Morgan fingerprint density at radius 3 is 2.28 bits per heavy atom. The number of carbonyl (C=O) groups excluding carboxylic acids is 1. The molecule has 1 fully saturated rings. The fourth-order valence-electron chi connectivity index (χ4n) is 2.87. The first-order valence-electron chi connectivity index (χ1n) is 6.84. The van der Waals surface area contributed by atoms with Gasteiger partial charge < -0.3 is 5.11 Å². The maximum absolute atomic E-state index is 12.3. The Hall–Kier alpha value is -1.15. The molecule has 0 aromatic heterocycles. The maximum Gasteiger partial charge on any atom is 0.168 e. The summed E-state index contributed by atoms with van der Waals surface area (Å²) in [5.41, 5.74) is 2.31. The summed E-state index contributed by atoms with van der Waals surface area (Å²) in [7, 11) is 0. The van der Waals surface area contributed by atoms with Crippen LogP contribution in [-0.2, 0) is 11.2 Å². The molecule has 1 aliphatic carbocycles. The van der Waals surface area contributed by atoms with Gasteiger partial charge in [0.2, 0.25) is 0 Å². The molecule has 1 aromatic carbocycles. The summed E-state index contributed by atoms with van der Waals surface area (Å²) >= 11 is 0. The molecule has 0 radical (unpaired) electrons. The topological polar surface area (TPSA) is 37.3 Å². The predicted octanol–water partition coefficient (Wildman–Crippen LogP) is 3.11. The van der Waals surface area contributed by atoms with Crippen LogP contribution in [0.15, 0.2) is 18.2 Å². The monoisotopic (exact) mass is 246 g/mol. The number of benzene rings is 1. The Morgan fingerprint density at radius 1 is 1.17 bits per heavy atom. The molecule has 1 aromatic rings. The fourth-order valence-corrected chi connectivity index (χ4v) is 2.87. The summed E-state index contributed by atoms with van der Waals surface area (Å²) in [6.45, 7) is 4.06. The molecule has 0 heterocycles. The molecule has 2 heteroatoms. The van der Waals surface area contributed by atoms with Crippen molar-refractivity contribution in [1.29, 1.82) is 0 Å². The van der Waals surface area contributed by atoms with E-state index in [-0.39, 0.29) is 5.78 Å². The van der Waals surface area contributed by atoms with Crippen LogP contribution < -0.4 is 0 Å². The molecule has 1 saturated carbocycles. The standard InChI is InChI=1S/C16H22O2/c1-12-7-6-8-13(2)14(12)11-15(17)16(18)9-4-3-5-10-16/h6-8,18H,3-5,9-11H2,1-2H3. The van der Waals surface area contributed by atoms with Crippen LogP contribution in [0.4, 0.5) is 0 Å². The zero-order valence-electron chi connectivity index (χ0n) is 11.3. The van der Waals surface area contributed by atoms with Crippen molar-refractivity contribution in [3.8, 4) is 0 Å². The van der Waals surface area contributed by atoms with E-state index in [4.69, 9.17) is 0 Å². The Bertz CT molecular complexity index is 422. The van der Waals surface area contributed by atoms with Gasteiger partial charge in [-0.15, -0.1) is 0 Å². The van der Waals surface area contributed by atoms with Crippen molar-refractivity contribution in [3.05, 3.63) is 34.9 Å². The minimum atomic E-state index is -1.06. The molecular formula is C16H22O2. The lowest BCUT2D eigenvalue weighted by molar-refractivity contribution is -0.139. The minimum absolute atomic E-state index is 0.000370. The van der Waals surface area contributed by atoms with Crippen molar-refractivity contribution in [2.24, 2.45) is 0 Å². The van der Waals surface area contributed by atoms with Crippen molar-refractivity contribution >= 4 is 5.78 Å². The van der Waals surface area contributed by atoms with Crippen LogP contribution in [-0.4, -0.2) is 16.5 Å². The van der Waals surface area contributed by atoms with Crippen molar-refractivity contribution in [1.82, 2.24) is 0 Å².